The number of rotatable bonds is 6. The summed E-state index contributed by atoms with van der Waals surface area (Å²) in [6.07, 6.45) is 4.04. The van der Waals surface area contributed by atoms with Crippen LogP contribution in [-0.2, 0) is 14.8 Å². The first-order chi connectivity index (χ1) is 8.40. The zero-order valence-corrected chi connectivity index (χ0v) is 11.5. The van der Waals surface area contributed by atoms with Crippen LogP contribution in [0.4, 0.5) is 0 Å². The first kappa shape index (κ1) is 15.2. The molecule has 0 unspecified atom stereocenters. The number of unbranched alkanes of at least 4 members (excludes halogenated alkanes) is 1. The van der Waals surface area contributed by atoms with Crippen LogP contribution in [0.3, 0.4) is 0 Å². The van der Waals surface area contributed by atoms with E-state index < -0.39 is 28.0 Å². The SMILES string of the molecule is C=CCCCS(=O)(=O)N1CCC[C@@H](C(=O)O)[C@H]1C. The van der Waals surface area contributed by atoms with Gasteiger partial charge in [0.1, 0.15) is 0 Å². The summed E-state index contributed by atoms with van der Waals surface area (Å²) in [5.41, 5.74) is 0. The van der Waals surface area contributed by atoms with E-state index in [9.17, 15) is 13.2 Å². The van der Waals surface area contributed by atoms with Crippen LogP contribution >= 0.6 is 0 Å². The number of nitrogens with zero attached hydrogens (tertiary/aromatic N) is 1. The number of hydrogen-bond acceptors (Lipinski definition) is 3. The predicted octanol–water partition coefficient (Wildman–Crippen LogP) is 1.47. The molecule has 0 aromatic rings. The first-order valence-corrected chi connectivity index (χ1v) is 7.84. The fourth-order valence-corrected chi connectivity index (χ4v) is 4.19. The van der Waals surface area contributed by atoms with Crippen LogP contribution in [0.2, 0.25) is 0 Å². The molecule has 6 heteroatoms. The first-order valence-electron chi connectivity index (χ1n) is 6.23. The van der Waals surface area contributed by atoms with Gasteiger partial charge < -0.3 is 5.11 Å². The molecule has 1 aliphatic rings. The molecule has 1 rings (SSSR count). The average molecular weight is 275 g/mol. The molecule has 5 nitrogen and oxygen atoms in total. The number of sulfonamides is 1. The minimum Gasteiger partial charge on any atom is -0.481 e. The molecule has 104 valence electrons. The van der Waals surface area contributed by atoms with Crippen molar-refractivity contribution in [2.24, 2.45) is 5.92 Å². The second kappa shape index (κ2) is 6.33. The van der Waals surface area contributed by atoms with Gasteiger partial charge in [-0.1, -0.05) is 6.08 Å². The summed E-state index contributed by atoms with van der Waals surface area (Å²) in [6, 6.07) is -0.454. The number of aliphatic carboxylic acids is 1. The third kappa shape index (κ3) is 3.55. The Bertz CT molecular complexity index is 404. The molecular weight excluding hydrogens is 254 g/mol. The predicted molar refractivity (Wildman–Crippen MR) is 69.7 cm³/mol. The molecule has 0 spiro atoms. The summed E-state index contributed by atoms with van der Waals surface area (Å²) < 4.78 is 25.6. The lowest BCUT2D eigenvalue weighted by Crippen LogP contribution is -2.49. The summed E-state index contributed by atoms with van der Waals surface area (Å²) in [5, 5.41) is 9.07. The quantitative estimate of drug-likeness (QED) is 0.588. The zero-order valence-electron chi connectivity index (χ0n) is 10.7. The Morgan fingerprint density at radius 2 is 2.22 bits per heavy atom. The number of carbonyl (C=O) groups is 1. The van der Waals surface area contributed by atoms with Crippen molar-refractivity contribution >= 4 is 16.0 Å². The van der Waals surface area contributed by atoms with Crippen molar-refractivity contribution in [1.82, 2.24) is 4.31 Å². The van der Waals surface area contributed by atoms with Gasteiger partial charge in [0.25, 0.3) is 0 Å². The van der Waals surface area contributed by atoms with E-state index in [1.165, 1.54) is 4.31 Å². The smallest absolute Gasteiger partial charge is 0.308 e. The zero-order chi connectivity index (χ0) is 13.8. The third-order valence-electron chi connectivity index (χ3n) is 3.42. The summed E-state index contributed by atoms with van der Waals surface area (Å²) in [6.45, 7) is 5.67. The number of carboxylic acids is 1. The van der Waals surface area contributed by atoms with E-state index >= 15 is 0 Å². The Morgan fingerprint density at radius 1 is 1.56 bits per heavy atom. The average Bonchev–Trinajstić information content (AvgIpc) is 2.28. The number of carboxylic acid groups (broad SMARTS) is 1. The Kier molecular flexibility index (Phi) is 5.34. The van der Waals surface area contributed by atoms with Crippen molar-refractivity contribution in [2.45, 2.75) is 38.6 Å². The van der Waals surface area contributed by atoms with Crippen LogP contribution in [0.5, 0.6) is 0 Å². The maximum absolute atomic E-state index is 12.1. The number of hydrogen-bond donors (Lipinski definition) is 1. The molecule has 18 heavy (non-hydrogen) atoms. The monoisotopic (exact) mass is 275 g/mol. The number of allylic oxidation sites excluding steroid dienone is 1. The molecule has 0 aromatic carbocycles. The molecule has 0 aliphatic carbocycles. The molecule has 1 saturated heterocycles. The van der Waals surface area contributed by atoms with Gasteiger partial charge in [-0.05, 0) is 32.6 Å². The molecule has 0 aromatic heterocycles. The molecule has 0 saturated carbocycles. The van der Waals surface area contributed by atoms with E-state index in [1.54, 1.807) is 13.0 Å². The minimum absolute atomic E-state index is 0.0652. The van der Waals surface area contributed by atoms with Crippen molar-refractivity contribution in [3.63, 3.8) is 0 Å². The fourth-order valence-electron chi connectivity index (χ4n) is 2.36. The lowest BCUT2D eigenvalue weighted by atomic mass is 9.92. The second-order valence-electron chi connectivity index (χ2n) is 4.69. The second-order valence-corrected chi connectivity index (χ2v) is 6.73. The van der Waals surface area contributed by atoms with Crippen molar-refractivity contribution in [3.05, 3.63) is 12.7 Å². The van der Waals surface area contributed by atoms with Crippen LogP contribution in [0.25, 0.3) is 0 Å². The third-order valence-corrected chi connectivity index (χ3v) is 5.45. The highest BCUT2D eigenvalue weighted by Gasteiger charge is 2.38. The standard InChI is InChI=1S/C12H21NO4S/c1-3-4-5-9-18(16,17)13-8-6-7-11(10(13)2)12(14)15/h3,10-11H,1,4-9H2,2H3,(H,14,15)/t10-,11-/m1/s1. The fraction of sp³-hybridized carbons (Fsp3) is 0.750. The topological polar surface area (TPSA) is 74.7 Å². The molecular formula is C12H21NO4S. The van der Waals surface area contributed by atoms with E-state index in [0.29, 0.717) is 32.2 Å². The van der Waals surface area contributed by atoms with Crippen LogP contribution in [0.1, 0.15) is 32.6 Å². The molecule has 1 N–H and O–H groups in total. The molecule has 1 aliphatic heterocycles. The summed E-state index contributed by atoms with van der Waals surface area (Å²) >= 11 is 0. The lowest BCUT2D eigenvalue weighted by molar-refractivity contribution is -0.144. The normalized spacial score (nSPS) is 25.8. The van der Waals surface area contributed by atoms with E-state index in [0.717, 1.165) is 0 Å². The maximum Gasteiger partial charge on any atom is 0.308 e. The summed E-state index contributed by atoms with van der Waals surface area (Å²) in [4.78, 5) is 11.1. The van der Waals surface area contributed by atoms with Crippen molar-refractivity contribution in [2.75, 3.05) is 12.3 Å². The van der Waals surface area contributed by atoms with Gasteiger partial charge >= 0.3 is 5.97 Å². The molecule has 2 atom stereocenters. The van der Waals surface area contributed by atoms with Gasteiger partial charge in [-0.25, -0.2) is 8.42 Å². The summed E-state index contributed by atoms with van der Waals surface area (Å²) in [7, 11) is -3.35. The van der Waals surface area contributed by atoms with Crippen LogP contribution in [0, 0.1) is 5.92 Å². The summed E-state index contributed by atoms with van der Waals surface area (Å²) in [5.74, 6) is -1.43. The van der Waals surface area contributed by atoms with Crippen LogP contribution in [0.15, 0.2) is 12.7 Å². The minimum atomic E-state index is -3.35. The van der Waals surface area contributed by atoms with E-state index in [-0.39, 0.29) is 5.75 Å². The van der Waals surface area contributed by atoms with Gasteiger partial charge in [0, 0.05) is 12.6 Å². The lowest BCUT2D eigenvalue weighted by Gasteiger charge is -2.36. The molecule has 0 radical (unpaired) electrons. The van der Waals surface area contributed by atoms with Gasteiger partial charge in [0.15, 0.2) is 0 Å². The van der Waals surface area contributed by atoms with E-state index in [2.05, 4.69) is 6.58 Å². The van der Waals surface area contributed by atoms with E-state index in [1.807, 2.05) is 0 Å². The maximum atomic E-state index is 12.1. The molecule has 1 fully saturated rings. The van der Waals surface area contributed by atoms with Gasteiger partial charge in [-0.15, -0.1) is 6.58 Å². The van der Waals surface area contributed by atoms with Crippen molar-refractivity contribution in [1.29, 1.82) is 0 Å². The molecule has 0 amide bonds. The Morgan fingerprint density at radius 3 is 2.78 bits per heavy atom. The molecule has 1 heterocycles. The van der Waals surface area contributed by atoms with Gasteiger partial charge in [0.05, 0.1) is 11.7 Å². The molecule has 0 bridgehead atoms. The highest BCUT2D eigenvalue weighted by atomic mass is 32.2. The highest BCUT2D eigenvalue weighted by molar-refractivity contribution is 7.89. The van der Waals surface area contributed by atoms with Crippen LogP contribution < -0.4 is 0 Å². The van der Waals surface area contributed by atoms with Gasteiger partial charge in [-0.2, -0.15) is 4.31 Å². The van der Waals surface area contributed by atoms with Crippen LogP contribution in [-0.4, -0.2) is 42.1 Å². The van der Waals surface area contributed by atoms with Crippen molar-refractivity contribution < 1.29 is 18.3 Å². The number of piperidine rings is 1. The highest BCUT2D eigenvalue weighted by Crippen LogP contribution is 2.26. The Labute approximate surface area is 109 Å². The Balaban J connectivity index is 2.74. The largest absolute Gasteiger partial charge is 0.481 e. The Hall–Kier alpha value is -0.880. The van der Waals surface area contributed by atoms with Gasteiger partial charge in [0.2, 0.25) is 10.0 Å². The van der Waals surface area contributed by atoms with E-state index in [4.69, 9.17) is 5.11 Å². The van der Waals surface area contributed by atoms with Gasteiger partial charge in [-0.3, -0.25) is 4.79 Å². The van der Waals surface area contributed by atoms with Crippen molar-refractivity contribution in [3.8, 4) is 0 Å².